The van der Waals surface area contributed by atoms with Crippen LogP contribution in [0.25, 0.3) is 0 Å². The molecule has 0 radical (unpaired) electrons. The minimum absolute atomic E-state index is 0.786. The maximum Gasteiger partial charge on any atom is 0.0242 e. The van der Waals surface area contributed by atoms with Gasteiger partial charge in [0.2, 0.25) is 0 Å². The zero-order valence-electron chi connectivity index (χ0n) is 9.56. The van der Waals surface area contributed by atoms with Crippen molar-refractivity contribution in [2.75, 3.05) is 20.1 Å². The molecule has 86 valence electrons. The summed E-state index contributed by atoms with van der Waals surface area (Å²) in [6, 6.07) is 10.3. The van der Waals surface area contributed by atoms with Gasteiger partial charge in [0.1, 0.15) is 0 Å². The molecule has 1 aromatic carbocycles. The highest BCUT2D eigenvalue weighted by Gasteiger charge is 2.40. The second kappa shape index (κ2) is 4.13. The summed E-state index contributed by atoms with van der Waals surface area (Å²) >= 11 is 3.54. The van der Waals surface area contributed by atoms with Crippen molar-refractivity contribution in [1.29, 1.82) is 0 Å². The van der Waals surface area contributed by atoms with Crippen molar-refractivity contribution in [1.82, 2.24) is 9.80 Å². The van der Waals surface area contributed by atoms with Crippen LogP contribution in [0.3, 0.4) is 0 Å². The summed E-state index contributed by atoms with van der Waals surface area (Å²) in [7, 11) is 2.25. The first-order valence-electron chi connectivity index (χ1n) is 5.91. The van der Waals surface area contributed by atoms with Gasteiger partial charge in [0, 0.05) is 36.2 Å². The lowest BCUT2D eigenvalue weighted by molar-refractivity contribution is 0.143. The van der Waals surface area contributed by atoms with E-state index in [-0.39, 0.29) is 0 Å². The topological polar surface area (TPSA) is 6.48 Å². The molecule has 2 bridgehead atoms. The van der Waals surface area contributed by atoms with E-state index < -0.39 is 0 Å². The third-order valence-corrected chi connectivity index (χ3v) is 4.40. The molecule has 0 saturated carbocycles. The molecule has 1 aromatic rings. The van der Waals surface area contributed by atoms with Gasteiger partial charge < -0.3 is 4.90 Å². The second-order valence-corrected chi connectivity index (χ2v) is 5.96. The number of piperazine rings is 1. The van der Waals surface area contributed by atoms with Crippen molar-refractivity contribution < 1.29 is 0 Å². The number of fused-ring (bicyclic) bond motifs is 2. The molecule has 0 aromatic heterocycles. The third-order valence-electron chi connectivity index (χ3n) is 3.90. The van der Waals surface area contributed by atoms with Gasteiger partial charge >= 0.3 is 0 Å². The van der Waals surface area contributed by atoms with E-state index in [1.165, 1.54) is 29.5 Å². The highest BCUT2D eigenvalue weighted by molar-refractivity contribution is 9.10. The molecule has 2 saturated heterocycles. The number of likely N-dealkylation sites (N-methyl/N-ethyl adjacent to an activating group) is 1. The fourth-order valence-corrected chi connectivity index (χ4v) is 3.46. The Kier molecular flexibility index (Phi) is 2.78. The highest BCUT2D eigenvalue weighted by Crippen LogP contribution is 2.30. The molecular weight excluding hydrogens is 264 g/mol. The molecular formula is C13H17BrN2. The smallest absolute Gasteiger partial charge is 0.0242 e. The minimum Gasteiger partial charge on any atom is -0.301 e. The molecule has 2 heterocycles. The number of likely N-dealkylation sites (tertiary alicyclic amines) is 2. The van der Waals surface area contributed by atoms with E-state index in [1.807, 2.05) is 0 Å². The van der Waals surface area contributed by atoms with Gasteiger partial charge in [-0.25, -0.2) is 0 Å². The molecule has 2 aliphatic rings. The summed E-state index contributed by atoms with van der Waals surface area (Å²) in [6.07, 6.45) is 1.37. The molecule has 2 unspecified atom stereocenters. The normalized spacial score (nSPS) is 30.1. The van der Waals surface area contributed by atoms with Crippen LogP contribution in [-0.4, -0.2) is 42.0 Å². The van der Waals surface area contributed by atoms with Gasteiger partial charge in [-0.15, -0.1) is 0 Å². The fourth-order valence-electron chi connectivity index (χ4n) is 3.01. The van der Waals surface area contributed by atoms with E-state index >= 15 is 0 Å². The molecule has 2 nitrogen and oxygen atoms in total. The van der Waals surface area contributed by atoms with E-state index in [0.29, 0.717) is 0 Å². The molecule has 0 aliphatic carbocycles. The van der Waals surface area contributed by atoms with Gasteiger partial charge in [-0.3, -0.25) is 4.90 Å². The number of rotatable bonds is 2. The van der Waals surface area contributed by atoms with Crippen molar-refractivity contribution in [3.8, 4) is 0 Å². The predicted octanol–water partition coefficient (Wildman–Crippen LogP) is 2.34. The van der Waals surface area contributed by atoms with Crippen molar-refractivity contribution >= 4 is 15.9 Å². The average molecular weight is 281 g/mol. The third kappa shape index (κ3) is 1.92. The minimum atomic E-state index is 0.786. The Morgan fingerprint density at radius 3 is 2.81 bits per heavy atom. The lowest BCUT2D eigenvalue weighted by atomic mass is 10.2. The average Bonchev–Trinajstić information content (AvgIpc) is 2.76. The van der Waals surface area contributed by atoms with Gasteiger partial charge in [-0.2, -0.15) is 0 Å². The largest absolute Gasteiger partial charge is 0.301 e. The Labute approximate surface area is 105 Å². The molecule has 0 N–H and O–H groups in total. The maximum atomic E-state index is 3.54. The Bertz CT molecular complexity index is 391. The summed E-state index contributed by atoms with van der Waals surface area (Å²) in [5.41, 5.74) is 1.42. The van der Waals surface area contributed by atoms with Crippen molar-refractivity contribution in [2.24, 2.45) is 0 Å². The molecule has 2 aliphatic heterocycles. The van der Waals surface area contributed by atoms with Crippen LogP contribution in [0.4, 0.5) is 0 Å². The maximum absolute atomic E-state index is 3.54. The molecule has 3 heteroatoms. The Morgan fingerprint density at radius 2 is 2.19 bits per heavy atom. The number of hydrogen-bond acceptors (Lipinski definition) is 2. The molecule has 2 atom stereocenters. The van der Waals surface area contributed by atoms with Crippen LogP contribution in [0.2, 0.25) is 0 Å². The summed E-state index contributed by atoms with van der Waals surface area (Å²) in [6.45, 7) is 3.60. The number of nitrogens with zero attached hydrogens (tertiary/aromatic N) is 2. The zero-order valence-corrected chi connectivity index (χ0v) is 11.2. The summed E-state index contributed by atoms with van der Waals surface area (Å²) in [5.74, 6) is 0. The molecule has 2 fully saturated rings. The van der Waals surface area contributed by atoms with E-state index in [0.717, 1.165) is 18.6 Å². The molecule has 0 spiro atoms. The van der Waals surface area contributed by atoms with Gasteiger partial charge in [-0.1, -0.05) is 28.1 Å². The van der Waals surface area contributed by atoms with Crippen LogP contribution < -0.4 is 0 Å². The first-order chi connectivity index (χ1) is 7.72. The van der Waals surface area contributed by atoms with E-state index in [1.54, 1.807) is 0 Å². The summed E-state index contributed by atoms with van der Waals surface area (Å²) in [4.78, 5) is 5.13. The predicted molar refractivity (Wildman–Crippen MR) is 69.4 cm³/mol. The van der Waals surface area contributed by atoms with Gasteiger partial charge in [-0.05, 0) is 31.2 Å². The highest BCUT2D eigenvalue weighted by atomic mass is 79.9. The van der Waals surface area contributed by atoms with Crippen LogP contribution in [0, 0.1) is 0 Å². The van der Waals surface area contributed by atoms with Crippen LogP contribution in [0.15, 0.2) is 28.7 Å². The van der Waals surface area contributed by atoms with Crippen molar-refractivity contribution in [3.63, 3.8) is 0 Å². The molecule has 0 amide bonds. The lowest BCUT2D eigenvalue weighted by Gasteiger charge is -2.31. The quantitative estimate of drug-likeness (QED) is 0.821. The number of hydrogen-bond donors (Lipinski definition) is 0. The monoisotopic (exact) mass is 280 g/mol. The van der Waals surface area contributed by atoms with Gasteiger partial charge in [0.15, 0.2) is 0 Å². The van der Waals surface area contributed by atoms with E-state index in [4.69, 9.17) is 0 Å². The van der Waals surface area contributed by atoms with Crippen LogP contribution in [-0.2, 0) is 6.54 Å². The Morgan fingerprint density at radius 1 is 1.31 bits per heavy atom. The van der Waals surface area contributed by atoms with Crippen molar-refractivity contribution in [2.45, 2.75) is 25.0 Å². The van der Waals surface area contributed by atoms with Gasteiger partial charge in [0.05, 0.1) is 0 Å². The standard InChI is InChI=1S/C13H17BrN2/c1-15-8-13-6-12(15)9-16(13)7-10-3-2-4-11(14)5-10/h2-5,12-13H,6-9H2,1H3. The molecule has 16 heavy (non-hydrogen) atoms. The van der Waals surface area contributed by atoms with E-state index in [2.05, 4.69) is 57.0 Å². The lowest BCUT2D eigenvalue weighted by Crippen LogP contribution is -2.43. The summed E-state index contributed by atoms with van der Waals surface area (Å²) in [5, 5.41) is 0. The number of halogens is 1. The molecule has 3 rings (SSSR count). The fraction of sp³-hybridized carbons (Fsp3) is 0.538. The van der Waals surface area contributed by atoms with Crippen LogP contribution in [0.5, 0.6) is 0 Å². The zero-order chi connectivity index (χ0) is 11.1. The van der Waals surface area contributed by atoms with E-state index in [9.17, 15) is 0 Å². The van der Waals surface area contributed by atoms with Gasteiger partial charge in [0.25, 0.3) is 0 Å². The Hall–Kier alpha value is -0.380. The van der Waals surface area contributed by atoms with Crippen molar-refractivity contribution in [3.05, 3.63) is 34.3 Å². The number of benzene rings is 1. The van der Waals surface area contributed by atoms with Crippen LogP contribution in [0.1, 0.15) is 12.0 Å². The second-order valence-electron chi connectivity index (χ2n) is 5.04. The van der Waals surface area contributed by atoms with Crippen LogP contribution >= 0.6 is 15.9 Å². The SMILES string of the molecule is CN1CC2CC1CN2Cc1cccc(Br)c1. The Balaban J connectivity index is 1.69. The first-order valence-corrected chi connectivity index (χ1v) is 6.70. The summed E-state index contributed by atoms with van der Waals surface area (Å²) < 4.78 is 1.19. The first kappa shape index (κ1) is 10.8.